The minimum atomic E-state index is -0.870. The number of carbonyl (C=O) groups is 3. The highest BCUT2D eigenvalue weighted by Crippen LogP contribution is 2.48. The molecule has 11 heteroatoms. The number of allylic oxidation sites excluding steroid dienone is 1. The van der Waals surface area contributed by atoms with Crippen molar-refractivity contribution in [2.45, 2.75) is 52.4 Å². The number of hydrogen-bond donors (Lipinski definition) is 4. The van der Waals surface area contributed by atoms with Crippen LogP contribution in [0.2, 0.25) is 0 Å². The van der Waals surface area contributed by atoms with E-state index in [0.717, 1.165) is 16.8 Å². The van der Waals surface area contributed by atoms with Gasteiger partial charge in [0.1, 0.15) is 5.75 Å². The number of nitrogens with two attached hydrogens (primary N) is 1. The summed E-state index contributed by atoms with van der Waals surface area (Å²) in [6.07, 6.45) is 2.75. The van der Waals surface area contributed by atoms with Crippen molar-refractivity contribution in [3.05, 3.63) is 57.9 Å². The molecule has 0 unspecified atom stereocenters. The van der Waals surface area contributed by atoms with Crippen molar-refractivity contribution < 1.29 is 34.1 Å². The molecule has 0 bridgehead atoms. The number of carbonyl (C=O) groups excluding carboxylic acids is 1. The van der Waals surface area contributed by atoms with E-state index in [-0.39, 0.29) is 12.8 Å². The van der Waals surface area contributed by atoms with E-state index in [1.54, 1.807) is 24.4 Å². The summed E-state index contributed by atoms with van der Waals surface area (Å²) in [5.41, 5.74) is 10.5. The molecule has 0 radical (unpaired) electrons. The topological polar surface area (TPSA) is 185 Å². The van der Waals surface area contributed by atoms with Crippen LogP contribution in [-0.4, -0.2) is 46.8 Å². The molecular weight excluding hydrogens is 492 g/mol. The fourth-order valence-electron chi connectivity index (χ4n) is 4.12. The number of nitrogens with one attached hydrogen (secondary N) is 1. The number of fused-ring (bicyclic) bond motifs is 1. The van der Waals surface area contributed by atoms with Gasteiger partial charge >= 0.3 is 11.9 Å². The Labute approximate surface area is 220 Å². The molecule has 1 aromatic heterocycles. The summed E-state index contributed by atoms with van der Waals surface area (Å²) in [4.78, 5) is 36.6. The lowest BCUT2D eigenvalue weighted by Crippen LogP contribution is -2.28. The lowest BCUT2D eigenvalue weighted by atomic mass is 9.79. The first-order chi connectivity index (χ1) is 18.0. The summed E-state index contributed by atoms with van der Waals surface area (Å²) in [5, 5.41) is 28.8. The van der Waals surface area contributed by atoms with Gasteiger partial charge in [0.25, 0.3) is 0 Å². The molecule has 3 rings (SSSR count). The summed E-state index contributed by atoms with van der Waals surface area (Å²) in [6, 6.07) is 7.22. The van der Waals surface area contributed by atoms with Gasteiger partial charge in [0.2, 0.25) is 11.8 Å². The number of nitrogens with zero attached hydrogens (tertiary/aromatic N) is 2. The van der Waals surface area contributed by atoms with E-state index < -0.39 is 23.8 Å². The Bertz CT molecular complexity index is 1260. The number of aromatic nitrogens is 1. The fraction of sp³-hybridized carbons (Fsp3) is 0.370. The molecule has 202 valence electrons. The SMILES string of the molecule is CCOc1ncc(C)c2c1[C@H](c1ccc(C#N)cc1OC)C(C(N)=O)=C(C)N2.O=C(O)CCCCC(=O)O. The molecule has 11 nitrogen and oxygen atoms in total. The summed E-state index contributed by atoms with van der Waals surface area (Å²) >= 11 is 0. The van der Waals surface area contributed by atoms with Crippen LogP contribution in [0.25, 0.3) is 0 Å². The van der Waals surface area contributed by atoms with Crippen molar-refractivity contribution in [1.29, 1.82) is 5.26 Å². The number of carboxylic acid groups (broad SMARTS) is 2. The van der Waals surface area contributed by atoms with E-state index in [4.69, 9.17) is 25.4 Å². The zero-order valence-corrected chi connectivity index (χ0v) is 21.8. The van der Waals surface area contributed by atoms with Gasteiger partial charge in [-0.3, -0.25) is 14.4 Å². The number of anilines is 1. The minimum Gasteiger partial charge on any atom is -0.496 e. The van der Waals surface area contributed by atoms with Gasteiger partial charge in [-0.1, -0.05) is 6.07 Å². The zero-order chi connectivity index (χ0) is 28.4. The number of carboxylic acids is 2. The van der Waals surface area contributed by atoms with Crippen LogP contribution in [0.3, 0.4) is 0 Å². The molecule has 38 heavy (non-hydrogen) atoms. The average Bonchev–Trinajstić information content (AvgIpc) is 2.87. The van der Waals surface area contributed by atoms with E-state index in [1.165, 1.54) is 7.11 Å². The smallest absolute Gasteiger partial charge is 0.303 e. The first kappa shape index (κ1) is 29.6. The first-order valence-electron chi connectivity index (χ1n) is 12.0. The van der Waals surface area contributed by atoms with Crippen LogP contribution in [0.4, 0.5) is 5.69 Å². The number of unbranched alkanes of at least 4 members (excludes halogenated alkanes) is 1. The molecule has 0 fully saturated rings. The summed E-state index contributed by atoms with van der Waals surface area (Å²) in [7, 11) is 1.53. The second-order valence-corrected chi connectivity index (χ2v) is 8.49. The van der Waals surface area contributed by atoms with Crippen LogP contribution >= 0.6 is 0 Å². The highest BCUT2D eigenvalue weighted by atomic mass is 16.5. The van der Waals surface area contributed by atoms with Crippen molar-refractivity contribution in [2.24, 2.45) is 5.73 Å². The standard InChI is InChI=1S/C21H22N4O3.C6H10O4/c1-5-28-21-18-17(14-7-6-13(9-22)8-15(14)27-4)16(20(23)26)12(3)25-19(18)11(2)10-24-21;7-5(8)3-1-2-4-6(9)10/h6-8,10,17,25H,5H2,1-4H3,(H2,23,26);1-4H2,(H,7,8)(H,9,10)/t17-;/m1./s1. The van der Waals surface area contributed by atoms with Crippen molar-refractivity contribution in [2.75, 3.05) is 19.0 Å². The Morgan fingerprint density at radius 3 is 2.29 bits per heavy atom. The third kappa shape index (κ3) is 7.22. The third-order valence-electron chi connectivity index (χ3n) is 5.81. The molecule has 0 aliphatic carbocycles. The van der Waals surface area contributed by atoms with Crippen molar-refractivity contribution >= 4 is 23.5 Å². The second kappa shape index (κ2) is 13.6. The molecule has 5 N–H and O–H groups in total. The Hall–Kier alpha value is -4.59. The number of hydrogen-bond acceptors (Lipinski definition) is 8. The number of methoxy groups -OCH3 is 1. The van der Waals surface area contributed by atoms with Gasteiger partial charge in [0.05, 0.1) is 42.5 Å². The number of pyridine rings is 1. The zero-order valence-electron chi connectivity index (χ0n) is 21.8. The number of ether oxygens (including phenoxy) is 2. The number of benzene rings is 1. The van der Waals surface area contributed by atoms with Gasteiger partial charge < -0.3 is 30.7 Å². The fourth-order valence-corrected chi connectivity index (χ4v) is 4.12. The Morgan fingerprint density at radius 2 is 1.79 bits per heavy atom. The maximum absolute atomic E-state index is 12.4. The molecule has 1 atom stereocenters. The number of primary amides is 1. The third-order valence-corrected chi connectivity index (χ3v) is 5.81. The second-order valence-electron chi connectivity index (χ2n) is 8.49. The summed E-state index contributed by atoms with van der Waals surface area (Å²) in [6.45, 7) is 6.04. The maximum atomic E-state index is 12.4. The summed E-state index contributed by atoms with van der Waals surface area (Å²) in [5.74, 6) is -1.90. The van der Waals surface area contributed by atoms with Crippen molar-refractivity contribution in [3.63, 3.8) is 0 Å². The molecule has 0 saturated heterocycles. The van der Waals surface area contributed by atoms with Crippen LogP contribution in [-0.2, 0) is 14.4 Å². The van der Waals surface area contributed by atoms with Crippen LogP contribution < -0.4 is 20.5 Å². The normalized spacial score (nSPS) is 13.7. The van der Waals surface area contributed by atoms with Crippen LogP contribution in [0, 0.1) is 18.3 Å². The van der Waals surface area contributed by atoms with E-state index >= 15 is 0 Å². The molecule has 2 aromatic rings. The van der Waals surface area contributed by atoms with Gasteiger partial charge in [-0.15, -0.1) is 0 Å². The highest BCUT2D eigenvalue weighted by Gasteiger charge is 2.36. The van der Waals surface area contributed by atoms with Gasteiger partial charge in [-0.2, -0.15) is 5.26 Å². The number of aryl methyl sites for hydroxylation is 1. The molecule has 1 aliphatic rings. The lowest BCUT2D eigenvalue weighted by molar-refractivity contribution is -0.139. The lowest BCUT2D eigenvalue weighted by Gasteiger charge is -2.32. The van der Waals surface area contributed by atoms with Crippen LogP contribution in [0.1, 0.15) is 67.7 Å². The van der Waals surface area contributed by atoms with Gasteiger partial charge in [-0.05, 0) is 51.3 Å². The quantitative estimate of drug-likeness (QED) is 0.334. The largest absolute Gasteiger partial charge is 0.496 e. The molecule has 2 heterocycles. The highest BCUT2D eigenvalue weighted by molar-refractivity contribution is 5.98. The number of aliphatic carboxylic acids is 2. The maximum Gasteiger partial charge on any atom is 0.303 e. The van der Waals surface area contributed by atoms with Crippen molar-refractivity contribution in [1.82, 2.24) is 4.98 Å². The van der Waals surface area contributed by atoms with Gasteiger partial charge in [-0.25, -0.2) is 4.98 Å². The molecule has 0 spiro atoms. The Balaban J connectivity index is 0.000000432. The minimum absolute atomic E-state index is 0.0628. The molecular formula is C27H32N4O7. The predicted molar refractivity (Wildman–Crippen MR) is 139 cm³/mol. The Morgan fingerprint density at radius 1 is 1.16 bits per heavy atom. The monoisotopic (exact) mass is 524 g/mol. The van der Waals surface area contributed by atoms with Crippen molar-refractivity contribution in [3.8, 4) is 17.7 Å². The van der Waals surface area contributed by atoms with Gasteiger partial charge in [0.15, 0.2) is 0 Å². The van der Waals surface area contributed by atoms with E-state index in [0.29, 0.717) is 53.5 Å². The van der Waals surface area contributed by atoms with E-state index in [9.17, 15) is 19.6 Å². The van der Waals surface area contributed by atoms with Crippen LogP contribution in [0.5, 0.6) is 11.6 Å². The molecule has 1 amide bonds. The van der Waals surface area contributed by atoms with Gasteiger partial charge in [0, 0.05) is 35.9 Å². The van der Waals surface area contributed by atoms with E-state index in [2.05, 4.69) is 16.4 Å². The Kier molecular flexibility index (Phi) is 10.6. The number of amides is 1. The number of rotatable bonds is 10. The molecule has 1 aliphatic heterocycles. The molecule has 1 aromatic carbocycles. The van der Waals surface area contributed by atoms with Crippen LogP contribution in [0.15, 0.2) is 35.7 Å². The van der Waals surface area contributed by atoms with E-state index in [1.807, 2.05) is 20.8 Å². The summed E-state index contributed by atoms with van der Waals surface area (Å²) < 4.78 is 11.3. The first-order valence-corrected chi connectivity index (χ1v) is 12.0. The average molecular weight is 525 g/mol. The molecule has 0 saturated carbocycles. The predicted octanol–water partition coefficient (Wildman–Crippen LogP) is 3.70. The number of nitriles is 1.